The van der Waals surface area contributed by atoms with Gasteiger partial charge in [-0.1, -0.05) is 48.0 Å². The number of halogens is 1. The molecular formula is C24H19ClN4O2. The lowest BCUT2D eigenvalue weighted by Gasteiger charge is -2.17. The fourth-order valence-corrected chi connectivity index (χ4v) is 3.50. The molecule has 2 heterocycles. The number of Topliss-reactive ketones (excluding diaryl/α,β-unsaturated/α-hetero) is 1. The summed E-state index contributed by atoms with van der Waals surface area (Å²) in [6.07, 6.45) is 3.32. The maximum absolute atomic E-state index is 13.4. The lowest BCUT2D eigenvalue weighted by molar-refractivity contribution is 0.101. The van der Waals surface area contributed by atoms with E-state index in [1.165, 1.54) is 11.6 Å². The zero-order valence-corrected chi connectivity index (χ0v) is 17.5. The standard InChI is InChI=1S/C24H19ClN4O2/c1-16(30)21-22(18-6-3-2-4-7-18)28-29(15-17-10-12-26-13-11-17)24(31)23(21)27-20-9-5-8-19(25)14-20/h2-14,27H,15H2,1H3. The Morgan fingerprint density at radius 1 is 1.03 bits per heavy atom. The number of carbonyl (C=O) groups is 1. The van der Waals surface area contributed by atoms with Crippen LogP contribution in [0.1, 0.15) is 22.8 Å². The fourth-order valence-electron chi connectivity index (χ4n) is 3.31. The van der Waals surface area contributed by atoms with Gasteiger partial charge in [-0.25, -0.2) is 4.68 Å². The van der Waals surface area contributed by atoms with Crippen LogP contribution in [0.15, 0.2) is 83.9 Å². The average Bonchev–Trinajstić information content (AvgIpc) is 2.77. The number of ketones is 1. The molecule has 0 unspecified atom stereocenters. The van der Waals surface area contributed by atoms with Gasteiger partial charge in [0.25, 0.3) is 5.56 Å². The monoisotopic (exact) mass is 430 g/mol. The first-order valence-electron chi connectivity index (χ1n) is 9.66. The summed E-state index contributed by atoms with van der Waals surface area (Å²) in [5.41, 5.74) is 2.65. The number of benzene rings is 2. The Balaban J connectivity index is 1.94. The van der Waals surface area contributed by atoms with E-state index in [0.29, 0.717) is 16.4 Å². The minimum Gasteiger partial charge on any atom is -0.350 e. The Labute approximate surface area is 184 Å². The maximum atomic E-state index is 13.4. The molecule has 0 spiro atoms. The number of carbonyl (C=O) groups excluding carboxylic acids is 1. The van der Waals surface area contributed by atoms with E-state index in [4.69, 9.17) is 11.6 Å². The summed E-state index contributed by atoms with van der Waals surface area (Å²) in [5.74, 6) is -0.260. The third-order valence-electron chi connectivity index (χ3n) is 4.73. The fraction of sp³-hybridized carbons (Fsp3) is 0.0833. The van der Waals surface area contributed by atoms with Crippen LogP contribution in [0.5, 0.6) is 0 Å². The molecule has 0 fully saturated rings. The summed E-state index contributed by atoms with van der Waals surface area (Å²) < 4.78 is 1.36. The minimum atomic E-state index is -0.401. The first-order valence-corrected chi connectivity index (χ1v) is 10.0. The molecular weight excluding hydrogens is 412 g/mol. The number of pyridine rings is 1. The molecule has 4 aromatic rings. The highest BCUT2D eigenvalue weighted by Gasteiger charge is 2.22. The second-order valence-corrected chi connectivity index (χ2v) is 7.41. The SMILES string of the molecule is CC(=O)c1c(-c2ccccc2)nn(Cc2ccncc2)c(=O)c1Nc1cccc(Cl)c1. The average molecular weight is 431 g/mol. The van der Waals surface area contributed by atoms with Crippen molar-refractivity contribution in [2.75, 3.05) is 5.32 Å². The van der Waals surface area contributed by atoms with Gasteiger partial charge in [-0.2, -0.15) is 5.10 Å². The number of hydrogen-bond acceptors (Lipinski definition) is 5. The molecule has 4 rings (SSSR count). The summed E-state index contributed by atoms with van der Waals surface area (Å²) in [5, 5.41) is 8.20. The highest BCUT2D eigenvalue weighted by Crippen LogP contribution is 2.28. The van der Waals surface area contributed by atoms with E-state index in [1.807, 2.05) is 42.5 Å². The highest BCUT2D eigenvalue weighted by atomic mass is 35.5. The largest absolute Gasteiger partial charge is 0.350 e. The Morgan fingerprint density at radius 2 is 1.77 bits per heavy atom. The quantitative estimate of drug-likeness (QED) is 0.438. The number of nitrogens with zero attached hydrogens (tertiary/aromatic N) is 3. The number of rotatable bonds is 6. The van der Waals surface area contributed by atoms with Crippen molar-refractivity contribution in [3.05, 3.63) is 106 Å². The Hall–Kier alpha value is -3.77. The van der Waals surface area contributed by atoms with Crippen LogP contribution in [-0.4, -0.2) is 20.5 Å². The van der Waals surface area contributed by atoms with Crippen LogP contribution >= 0.6 is 11.6 Å². The van der Waals surface area contributed by atoms with Crippen molar-refractivity contribution in [1.29, 1.82) is 0 Å². The van der Waals surface area contributed by atoms with Gasteiger partial charge < -0.3 is 5.32 Å². The molecule has 0 saturated heterocycles. The van der Waals surface area contributed by atoms with Crippen molar-refractivity contribution < 1.29 is 4.79 Å². The summed E-state index contributed by atoms with van der Waals surface area (Å²) >= 11 is 6.11. The van der Waals surface area contributed by atoms with Crippen LogP contribution in [-0.2, 0) is 6.54 Å². The van der Waals surface area contributed by atoms with Crippen molar-refractivity contribution in [1.82, 2.24) is 14.8 Å². The Bertz CT molecular complexity index is 1290. The van der Waals surface area contributed by atoms with E-state index in [-0.39, 0.29) is 23.6 Å². The summed E-state index contributed by atoms with van der Waals surface area (Å²) in [4.78, 5) is 30.1. The molecule has 7 heteroatoms. The van der Waals surface area contributed by atoms with Gasteiger partial charge in [0, 0.05) is 28.7 Å². The second kappa shape index (κ2) is 8.93. The predicted molar refractivity (Wildman–Crippen MR) is 122 cm³/mol. The molecule has 0 aliphatic heterocycles. The molecule has 0 atom stereocenters. The molecule has 0 saturated carbocycles. The third-order valence-corrected chi connectivity index (χ3v) is 4.97. The van der Waals surface area contributed by atoms with Gasteiger partial charge in [0.2, 0.25) is 0 Å². The van der Waals surface area contributed by atoms with Crippen molar-refractivity contribution >= 4 is 28.8 Å². The number of hydrogen-bond donors (Lipinski definition) is 1. The van der Waals surface area contributed by atoms with E-state index in [0.717, 1.165) is 11.1 Å². The van der Waals surface area contributed by atoms with E-state index < -0.39 is 5.56 Å². The van der Waals surface area contributed by atoms with Crippen molar-refractivity contribution in [2.24, 2.45) is 0 Å². The lowest BCUT2D eigenvalue weighted by Crippen LogP contribution is -2.29. The van der Waals surface area contributed by atoms with Crippen LogP contribution in [0.2, 0.25) is 5.02 Å². The van der Waals surface area contributed by atoms with E-state index in [1.54, 1.807) is 36.7 Å². The molecule has 31 heavy (non-hydrogen) atoms. The van der Waals surface area contributed by atoms with Crippen molar-refractivity contribution in [3.63, 3.8) is 0 Å². The molecule has 1 N–H and O–H groups in total. The molecule has 2 aromatic heterocycles. The minimum absolute atomic E-state index is 0.165. The maximum Gasteiger partial charge on any atom is 0.291 e. The van der Waals surface area contributed by atoms with Crippen molar-refractivity contribution in [3.8, 4) is 11.3 Å². The zero-order chi connectivity index (χ0) is 21.8. The smallest absolute Gasteiger partial charge is 0.291 e. The van der Waals surface area contributed by atoms with Crippen LogP contribution in [0.3, 0.4) is 0 Å². The van der Waals surface area contributed by atoms with Crippen LogP contribution < -0.4 is 10.9 Å². The van der Waals surface area contributed by atoms with E-state index in [2.05, 4.69) is 15.4 Å². The second-order valence-electron chi connectivity index (χ2n) is 6.97. The van der Waals surface area contributed by atoms with Gasteiger partial charge in [0.1, 0.15) is 11.4 Å². The van der Waals surface area contributed by atoms with Crippen LogP contribution in [0, 0.1) is 0 Å². The molecule has 154 valence electrons. The molecule has 0 aliphatic rings. The predicted octanol–water partition coefficient (Wildman–Crippen LogP) is 4.95. The zero-order valence-electron chi connectivity index (χ0n) is 16.7. The molecule has 0 radical (unpaired) electrons. The van der Waals surface area contributed by atoms with Gasteiger partial charge in [-0.05, 0) is 42.8 Å². The third kappa shape index (κ3) is 4.54. The van der Waals surface area contributed by atoms with Crippen LogP contribution in [0.4, 0.5) is 11.4 Å². The number of aromatic nitrogens is 3. The molecule has 2 aromatic carbocycles. The summed E-state index contributed by atoms with van der Waals surface area (Å²) in [7, 11) is 0. The van der Waals surface area contributed by atoms with E-state index >= 15 is 0 Å². The number of nitrogens with one attached hydrogen (secondary N) is 1. The van der Waals surface area contributed by atoms with E-state index in [9.17, 15) is 9.59 Å². The van der Waals surface area contributed by atoms with Gasteiger partial charge in [0.05, 0.1) is 12.1 Å². The number of anilines is 2. The van der Waals surface area contributed by atoms with Crippen LogP contribution in [0.25, 0.3) is 11.3 Å². The van der Waals surface area contributed by atoms with Gasteiger partial charge in [-0.15, -0.1) is 0 Å². The normalized spacial score (nSPS) is 10.6. The molecule has 0 bridgehead atoms. The molecule has 0 aliphatic carbocycles. The molecule has 0 amide bonds. The summed E-state index contributed by atoms with van der Waals surface area (Å²) in [6, 6.07) is 20.0. The first-order chi connectivity index (χ1) is 15.0. The summed E-state index contributed by atoms with van der Waals surface area (Å²) in [6.45, 7) is 1.67. The Morgan fingerprint density at radius 3 is 2.45 bits per heavy atom. The van der Waals surface area contributed by atoms with Gasteiger partial charge in [0.15, 0.2) is 5.78 Å². The molecule has 6 nitrogen and oxygen atoms in total. The first kappa shape index (κ1) is 20.5. The Kier molecular flexibility index (Phi) is 5.91. The topological polar surface area (TPSA) is 76.9 Å². The van der Waals surface area contributed by atoms with Crippen molar-refractivity contribution in [2.45, 2.75) is 13.5 Å². The van der Waals surface area contributed by atoms with Gasteiger partial charge in [-0.3, -0.25) is 14.6 Å². The van der Waals surface area contributed by atoms with Gasteiger partial charge >= 0.3 is 0 Å². The highest BCUT2D eigenvalue weighted by molar-refractivity contribution is 6.30. The lowest BCUT2D eigenvalue weighted by atomic mass is 10.0.